The standard InChI is InChI=1S/C21H21N3O3/c1-26-19-6-7-20(27-2)21-16(19)12-23(13-18(21)25)10-14-11-24-8-4-3-5-17(24)15(14)9-22/h3-8,11,18,25H,10,12-13H2,1-2H3/t18-/m0/s1. The van der Waals surface area contributed by atoms with Crippen LogP contribution in [0.15, 0.2) is 42.7 Å². The van der Waals surface area contributed by atoms with E-state index in [1.54, 1.807) is 14.2 Å². The maximum Gasteiger partial charge on any atom is 0.125 e. The monoisotopic (exact) mass is 363 g/mol. The fourth-order valence-corrected chi connectivity index (χ4v) is 3.93. The first-order valence-corrected chi connectivity index (χ1v) is 8.79. The van der Waals surface area contributed by atoms with Gasteiger partial charge in [-0.2, -0.15) is 5.26 Å². The summed E-state index contributed by atoms with van der Waals surface area (Å²) in [4.78, 5) is 2.13. The van der Waals surface area contributed by atoms with Crippen molar-refractivity contribution in [3.63, 3.8) is 0 Å². The molecule has 0 unspecified atom stereocenters. The summed E-state index contributed by atoms with van der Waals surface area (Å²) in [6.45, 7) is 1.65. The SMILES string of the molecule is COc1ccc(OC)c2c1CN(Cc1cn3ccccc3c1C#N)C[C@@H]2O. The molecule has 0 radical (unpaired) electrons. The van der Waals surface area contributed by atoms with Crippen molar-refractivity contribution in [2.75, 3.05) is 20.8 Å². The van der Waals surface area contributed by atoms with Gasteiger partial charge in [0.05, 0.1) is 31.4 Å². The predicted octanol–water partition coefficient (Wildman–Crippen LogP) is 2.88. The Kier molecular flexibility index (Phi) is 4.48. The summed E-state index contributed by atoms with van der Waals surface area (Å²) < 4.78 is 12.9. The number of aliphatic hydroxyl groups is 1. The summed E-state index contributed by atoms with van der Waals surface area (Å²) in [5, 5.41) is 20.4. The van der Waals surface area contributed by atoms with E-state index < -0.39 is 6.10 Å². The number of nitrogens with zero attached hydrogens (tertiary/aromatic N) is 3. The van der Waals surface area contributed by atoms with Crippen molar-refractivity contribution in [2.45, 2.75) is 19.2 Å². The summed E-state index contributed by atoms with van der Waals surface area (Å²) in [6.07, 6.45) is 3.24. The highest BCUT2D eigenvalue weighted by molar-refractivity contribution is 5.65. The normalized spacial score (nSPS) is 16.7. The molecule has 6 nitrogen and oxygen atoms in total. The number of methoxy groups -OCH3 is 2. The summed E-state index contributed by atoms with van der Waals surface area (Å²) >= 11 is 0. The van der Waals surface area contributed by atoms with Crippen LogP contribution in [-0.2, 0) is 13.1 Å². The van der Waals surface area contributed by atoms with Crippen LogP contribution in [0.3, 0.4) is 0 Å². The molecule has 0 saturated carbocycles. The molecule has 0 aliphatic carbocycles. The Morgan fingerprint density at radius 1 is 1.19 bits per heavy atom. The van der Waals surface area contributed by atoms with Crippen molar-refractivity contribution in [2.24, 2.45) is 0 Å². The van der Waals surface area contributed by atoms with Crippen molar-refractivity contribution in [3.05, 3.63) is 65.0 Å². The second kappa shape index (κ2) is 6.95. The molecule has 1 N–H and O–H groups in total. The molecule has 6 heteroatoms. The van der Waals surface area contributed by atoms with Crippen LogP contribution in [0.2, 0.25) is 0 Å². The molecule has 1 aromatic carbocycles. The van der Waals surface area contributed by atoms with Crippen LogP contribution >= 0.6 is 0 Å². The van der Waals surface area contributed by atoms with Crippen LogP contribution in [-0.4, -0.2) is 35.2 Å². The maximum absolute atomic E-state index is 10.8. The highest BCUT2D eigenvalue weighted by atomic mass is 16.5. The minimum absolute atomic E-state index is 0.466. The van der Waals surface area contributed by atoms with Gasteiger partial charge in [-0.05, 0) is 24.3 Å². The Morgan fingerprint density at radius 3 is 2.70 bits per heavy atom. The number of ether oxygens (including phenoxy) is 2. The number of pyridine rings is 1. The summed E-state index contributed by atoms with van der Waals surface area (Å²) in [5.41, 5.74) is 4.23. The van der Waals surface area contributed by atoms with E-state index in [2.05, 4.69) is 11.0 Å². The first-order valence-electron chi connectivity index (χ1n) is 8.79. The zero-order valence-corrected chi connectivity index (χ0v) is 15.3. The molecule has 3 heterocycles. The summed E-state index contributed by atoms with van der Waals surface area (Å²) in [7, 11) is 3.23. The third-order valence-corrected chi connectivity index (χ3v) is 5.13. The van der Waals surface area contributed by atoms with E-state index in [0.29, 0.717) is 30.9 Å². The van der Waals surface area contributed by atoms with Crippen molar-refractivity contribution < 1.29 is 14.6 Å². The second-order valence-corrected chi connectivity index (χ2v) is 6.68. The third-order valence-electron chi connectivity index (χ3n) is 5.13. The van der Waals surface area contributed by atoms with E-state index in [0.717, 1.165) is 28.0 Å². The first-order chi connectivity index (χ1) is 13.2. The van der Waals surface area contributed by atoms with E-state index in [4.69, 9.17) is 9.47 Å². The van der Waals surface area contributed by atoms with E-state index >= 15 is 0 Å². The number of aliphatic hydroxyl groups excluding tert-OH is 1. The molecule has 1 atom stereocenters. The summed E-state index contributed by atoms with van der Waals surface area (Å²) in [6, 6.07) is 11.8. The molecule has 0 fully saturated rings. The molecule has 3 aromatic rings. The molecular formula is C21H21N3O3. The number of β-amino-alcohol motifs (C(OH)–C–C–N with tert-alkyl or cyclic N) is 1. The van der Waals surface area contributed by atoms with Gasteiger partial charge in [0.2, 0.25) is 0 Å². The fourth-order valence-electron chi connectivity index (χ4n) is 3.93. The highest BCUT2D eigenvalue weighted by Gasteiger charge is 2.30. The molecule has 1 aliphatic heterocycles. The van der Waals surface area contributed by atoms with E-state index in [1.807, 2.05) is 47.1 Å². The van der Waals surface area contributed by atoms with Gasteiger partial charge in [-0.3, -0.25) is 4.90 Å². The van der Waals surface area contributed by atoms with Crippen molar-refractivity contribution in [3.8, 4) is 17.6 Å². The van der Waals surface area contributed by atoms with Crippen LogP contribution in [0.4, 0.5) is 0 Å². The zero-order valence-electron chi connectivity index (χ0n) is 15.3. The fraction of sp³-hybridized carbons (Fsp3) is 0.286. The van der Waals surface area contributed by atoms with E-state index in [1.165, 1.54) is 0 Å². The van der Waals surface area contributed by atoms with Crippen molar-refractivity contribution in [1.82, 2.24) is 9.30 Å². The largest absolute Gasteiger partial charge is 0.496 e. The van der Waals surface area contributed by atoms with Crippen LogP contribution in [0.1, 0.15) is 28.4 Å². The van der Waals surface area contributed by atoms with Gasteiger partial charge in [-0.25, -0.2) is 0 Å². The van der Waals surface area contributed by atoms with E-state index in [-0.39, 0.29) is 0 Å². The van der Waals surface area contributed by atoms with Gasteiger partial charge in [-0.1, -0.05) is 6.07 Å². The third kappa shape index (κ3) is 2.91. The van der Waals surface area contributed by atoms with Gasteiger partial charge in [0.1, 0.15) is 17.6 Å². The quantitative estimate of drug-likeness (QED) is 0.772. The number of aromatic nitrogens is 1. The predicted molar refractivity (Wildman–Crippen MR) is 101 cm³/mol. The van der Waals surface area contributed by atoms with Gasteiger partial charge in [0, 0.05) is 48.7 Å². The lowest BCUT2D eigenvalue weighted by Crippen LogP contribution is -2.33. The van der Waals surface area contributed by atoms with Crippen LogP contribution in [0, 0.1) is 11.3 Å². The molecule has 0 spiro atoms. The molecule has 27 heavy (non-hydrogen) atoms. The number of hydrogen-bond donors (Lipinski definition) is 1. The Hall–Kier alpha value is -3.01. The van der Waals surface area contributed by atoms with Crippen LogP contribution in [0.25, 0.3) is 5.52 Å². The molecule has 0 bridgehead atoms. The van der Waals surface area contributed by atoms with Gasteiger partial charge < -0.3 is 19.0 Å². The number of fused-ring (bicyclic) bond motifs is 2. The van der Waals surface area contributed by atoms with Crippen LogP contribution in [0.5, 0.6) is 11.5 Å². The molecule has 1 aliphatic rings. The van der Waals surface area contributed by atoms with Crippen molar-refractivity contribution in [1.29, 1.82) is 5.26 Å². The molecule has 4 rings (SSSR count). The lowest BCUT2D eigenvalue weighted by Gasteiger charge is -2.33. The first kappa shape index (κ1) is 17.4. The second-order valence-electron chi connectivity index (χ2n) is 6.68. The topological polar surface area (TPSA) is 70.1 Å². The number of benzene rings is 1. The van der Waals surface area contributed by atoms with E-state index in [9.17, 15) is 10.4 Å². The highest BCUT2D eigenvalue weighted by Crippen LogP contribution is 2.39. The minimum Gasteiger partial charge on any atom is -0.496 e. The molecule has 138 valence electrons. The Morgan fingerprint density at radius 2 is 1.96 bits per heavy atom. The van der Waals surface area contributed by atoms with Gasteiger partial charge in [-0.15, -0.1) is 0 Å². The Bertz CT molecular complexity index is 1040. The number of rotatable bonds is 4. The van der Waals surface area contributed by atoms with Gasteiger partial charge >= 0.3 is 0 Å². The lowest BCUT2D eigenvalue weighted by atomic mass is 9.94. The van der Waals surface area contributed by atoms with Crippen LogP contribution < -0.4 is 9.47 Å². The summed E-state index contributed by atoms with van der Waals surface area (Å²) in [5.74, 6) is 1.40. The average molecular weight is 363 g/mol. The Balaban J connectivity index is 1.70. The average Bonchev–Trinajstić information content (AvgIpc) is 3.03. The van der Waals surface area contributed by atoms with Crippen molar-refractivity contribution >= 4 is 5.52 Å². The van der Waals surface area contributed by atoms with Gasteiger partial charge in [0.25, 0.3) is 0 Å². The Labute approximate surface area is 157 Å². The smallest absolute Gasteiger partial charge is 0.125 e. The lowest BCUT2D eigenvalue weighted by molar-refractivity contribution is 0.0843. The molecule has 2 aromatic heterocycles. The minimum atomic E-state index is -0.679. The zero-order chi connectivity index (χ0) is 19.0. The molecular weight excluding hydrogens is 342 g/mol. The number of nitriles is 1. The van der Waals surface area contributed by atoms with Gasteiger partial charge in [0.15, 0.2) is 0 Å². The molecule has 0 amide bonds. The maximum atomic E-state index is 10.8. The molecule has 0 saturated heterocycles. The number of hydrogen-bond acceptors (Lipinski definition) is 5.